The lowest BCUT2D eigenvalue weighted by Gasteiger charge is -2.21. The van der Waals surface area contributed by atoms with E-state index in [1.54, 1.807) is 0 Å². The summed E-state index contributed by atoms with van der Waals surface area (Å²) in [5.74, 6) is 0.237. The molecule has 2 aliphatic heterocycles. The molecule has 5 rings (SSSR count). The van der Waals surface area contributed by atoms with Crippen molar-refractivity contribution in [3.05, 3.63) is 58.7 Å². The van der Waals surface area contributed by atoms with E-state index in [4.69, 9.17) is 0 Å². The smallest absolute Gasteiger partial charge is 0.254 e. The van der Waals surface area contributed by atoms with E-state index in [2.05, 4.69) is 61.8 Å². The van der Waals surface area contributed by atoms with Crippen LogP contribution in [-0.2, 0) is 16.6 Å². The van der Waals surface area contributed by atoms with Gasteiger partial charge in [-0.15, -0.1) is 0 Å². The number of anilines is 2. The predicted octanol–water partition coefficient (Wildman–Crippen LogP) is 4.98. The molecule has 1 fully saturated rings. The summed E-state index contributed by atoms with van der Waals surface area (Å²) in [5, 5.41) is 9.61. The van der Waals surface area contributed by atoms with Gasteiger partial charge in [-0.25, -0.2) is 0 Å². The van der Waals surface area contributed by atoms with Gasteiger partial charge in [-0.2, -0.15) is 0 Å². The molecule has 5 nitrogen and oxygen atoms in total. The zero-order valence-corrected chi connectivity index (χ0v) is 19.5. The number of carbonyl (C=O) groups is 2. The first kappa shape index (κ1) is 21.0. The molecule has 168 valence electrons. The number of benzene rings is 2. The molecule has 2 amide bonds. The van der Waals surface area contributed by atoms with Crippen molar-refractivity contribution in [2.24, 2.45) is 5.92 Å². The molecule has 1 spiro atoms. The van der Waals surface area contributed by atoms with Crippen molar-refractivity contribution in [1.29, 1.82) is 0 Å². The lowest BCUT2D eigenvalue weighted by molar-refractivity contribution is -0.119. The van der Waals surface area contributed by atoms with E-state index >= 15 is 0 Å². The summed E-state index contributed by atoms with van der Waals surface area (Å²) < 4.78 is 0. The maximum absolute atomic E-state index is 13.2. The molecule has 0 saturated heterocycles. The molecule has 2 aromatic rings. The topological polar surface area (TPSA) is 70.2 Å². The molecule has 0 bridgehead atoms. The number of rotatable bonds is 3. The van der Waals surface area contributed by atoms with Crippen LogP contribution in [0.1, 0.15) is 79.9 Å². The van der Waals surface area contributed by atoms with Gasteiger partial charge in [0.05, 0.1) is 11.3 Å². The Morgan fingerprint density at radius 2 is 1.88 bits per heavy atom. The second kappa shape index (κ2) is 7.36. The van der Waals surface area contributed by atoms with Gasteiger partial charge >= 0.3 is 0 Å². The molecule has 32 heavy (non-hydrogen) atoms. The number of hydrogen-bond acceptors (Lipinski definition) is 3. The van der Waals surface area contributed by atoms with E-state index in [1.165, 1.54) is 23.2 Å². The number of nitrogens with one attached hydrogen (secondary N) is 3. The first-order chi connectivity index (χ1) is 15.2. The van der Waals surface area contributed by atoms with Gasteiger partial charge < -0.3 is 16.0 Å². The molecule has 0 aromatic heterocycles. The van der Waals surface area contributed by atoms with Crippen molar-refractivity contribution in [2.75, 3.05) is 17.2 Å². The van der Waals surface area contributed by atoms with Crippen molar-refractivity contribution < 1.29 is 9.59 Å². The van der Waals surface area contributed by atoms with Crippen LogP contribution in [0.2, 0.25) is 0 Å². The fraction of sp³-hybridized carbons (Fsp3) is 0.481. The van der Waals surface area contributed by atoms with E-state index in [-0.39, 0.29) is 23.1 Å². The molecule has 5 heteroatoms. The summed E-state index contributed by atoms with van der Waals surface area (Å²) in [5.41, 5.74) is 5.34. The summed E-state index contributed by atoms with van der Waals surface area (Å²) in [6.07, 6.45) is 3.86. The average Bonchev–Trinajstić information content (AvgIpc) is 3.46. The molecular weight excluding hydrogens is 398 g/mol. The molecular formula is C27H33N3O2. The summed E-state index contributed by atoms with van der Waals surface area (Å²) >= 11 is 0. The standard InChI is InChI=1S/C27H33N3O2/c1-16(17-7-9-22-18(13-17)6-5-11-28-22)12-20-15-27(20)25(32)29-23-10-8-19(26(2,3)4)14-21(23)24(31)30-27/h7-10,13-14,16,20,28H,5-6,11-12,15H2,1-4H3,(H,29,32)(H,30,31). The van der Waals surface area contributed by atoms with E-state index in [9.17, 15) is 9.59 Å². The highest BCUT2D eigenvalue weighted by Crippen LogP contribution is 2.51. The zero-order valence-electron chi connectivity index (χ0n) is 19.5. The Bertz CT molecular complexity index is 1100. The van der Waals surface area contributed by atoms with Gasteiger partial charge in [0.25, 0.3) is 5.91 Å². The summed E-state index contributed by atoms with van der Waals surface area (Å²) in [6, 6.07) is 12.5. The fourth-order valence-corrected chi connectivity index (χ4v) is 5.28. The second-order valence-corrected chi connectivity index (χ2v) is 10.9. The third-order valence-corrected chi connectivity index (χ3v) is 7.50. The van der Waals surface area contributed by atoms with E-state index < -0.39 is 5.54 Å². The molecule has 1 aliphatic carbocycles. The second-order valence-electron chi connectivity index (χ2n) is 10.9. The maximum Gasteiger partial charge on any atom is 0.254 e. The van der Waals surface area contributed by atoms with E-state index in [0.717, 1.165) is 24.9 Å². The van der Waals surface area contributed by atoms with Crippen LogP contribution >= 0.6 is 0 Å². The number of aryl methyl sites for hydroxylation is 1. The summed E-state index contributed by atoms with van der Waals surface area (Å²) in [7, 11) is 0. The highest BCUT2D eigenvalue weighted by atomic mass is 16.2. The van der Waals surface area contributed by atoms with E-state index in [0.29, 0.717) is 23.6 Å². The van der Waals surface area contributed by atoms with Gasteiger partial charge in [0.1, 0.15) is 5.54 Å². The van der Waals surface area contributed by atoms with Crippen LogP contribution in [0, 0.1) is 5.92 Å². The van der Waals surface area contributed by atoms with E-state index in [1.807, 2.05) is 18.2 Å². The Morgan fingerprint density at radius 3 is 2.66 bits per heavy atom. The normalized spacial score (nSPS) is 25.1. The van der Waals surface area contributed by atoms with Crippen molar-refractivity contribution in [1.82, 2.24) is 5.32 Å². The minimum absolute atomic E-state index is 0.0642. The maximum atomic E-state index is 13.2. The van der Waals surface area contributed by atoms with Crippen LogP contribution in [0.3, 0.4) is 0 Å². The Balaban J connectivity index is 1.33. The van der Waals surface area contributed by atoms with Gasteiger partial charge in [-0.05, 0) is 77.8 Å². The Morgan fingerprint density at radius 1 is 1.09 bits per heavy atom. The van der Waals surface area contributed by atoms with Gasteiger partial charge in [0.15, 0.2) is 0 Å². The quantitative estimate of drug-likeness (QED) is 0.642. The van der Waals surface area contributed by atoms with Crippen LogP contribution in [-0.4, -0.2) is 23.9 Å². The number of hydrogen-bond donors (Lipinski definition) is 3. The molecule has 0 radical (unpaired) electrons. The summed E-state index contributed by atoms with van der Waals surface area (Å²) in [6.45, 7) is 9.64. The number of carbonyl (C=O) groups excluding carboxylic acids is 2. The Kier molecular flexibility index (Phi) is 4.84. The van der Waals surface area contributed by atoms with Crippen LogP contribution in [0.5, 0.6) is 0 Å². The molecule has 3 N–H and O–H groups in total. The van der Waals surface area contributed by atoms with Crippen LogP contribution in [0.25, 0.3) is 0 Å². The lowest BCUT2D eigenvalue weighted by atomic mass is 9.86. The highest BCUT2D eigenvalue weighted by Gasteiger charge is 2.62. The van der Waals surface area contributed by atoms with Gasteiger partial charge in [0.2, 0.25) is 5.91 Å². The predicted molar refractivity (Wildman–Crippen MR) is 128 cm³/mol. The minimum atomic E-state index is -0.790. The molecule has 2 aromatic carbocycles. The summed E-state index contributed by atoms with van der Waals surface area (Å²) in [4.78, 5) is 26.3. The molecule has 3 atom stereocenters. The van der Waals surface area contributed by atoms with Gasteiger partial charge in [0, 0.05) is 12.2 Å². The fourth-order valence-electron chi connectivity index (χ4n) is 5.28. The Labute approximate surface area is 190 Å². The van der Waals surface area contributed by atoms with Crippen molar-refractivity contribution >= 4 is 23.2 Å². The van der Waals surface area contributed by atoms with Crippen molar-refractivity contribution in [3.8, 4) is 0 Å². The minimum Gasteiger partial charge on any atom is -0.385 e. The Hall–Kier alpha value is -2.82. The van der Waals surface area contributed by atoms with Gasteiger partial charge in [-0.3, -0.25) is 9.59 Å². The third-order valence-electron chi connectivity index (χ3n) is 7.50. The first-order valence-corrected chi connectivity index (χ1v) is 11.8. The average molecular weight is 432 g/mol. The van der Waals surface area contributed by atoms with Crippen LogP contribution < -0.4 is 16.0 Å². The van der Waals surface area contributed by atoms with Crippen molar-refractivity contribution in [2.45, 2.75) is 70.3 Å². The number of amides is 2. The number of fused-ring (bicyclic) bond motifs is 2. The molecule has 3 aliphatic rings. The van der Waals surface area contributed by atoms with Crippen LogP contribution in [0.4, 0.5) is 11.4 Å². The third kappa shape index (κ3) is 3.58. The monoisotopic (exact) mass is 431 g/mol. The highest BCUT2D eigenvalue weighted by molar-refractivity contribution is 6.13. The largest absolute Gasteiger partial charge is 0.385 e. The molecule has 1 saturated carbocycles. The molecule has 3 unspecified atom stereocenters. The van der Waals surface area contributed by atoms with Crippen molar-refractivity contribution in [3.63, 3.8) is 0 Å². The van der Waals surface area contributed by atoms with Crippen LogP contribution in [0.15, 0.2) is 36.4 Å². The SMILES string of the molecule is CC(CC1CC12NC(=O)c1cc(C(C)(C)C)ccc1NC2=O)c1ccc2c(c1)CCCN2. The zero-order chi connectivity index (χ0) is 22.7. The molecule has 2 heterocycles. The van der Waals surface area contributed by atoms with Gasteiger partial charge in [-0.1, -0.05) is 45.9 Å². The lowest BCUT2D eigenvalue weighted by Crippen LogP contribution is -2.45. The first-order valence-electron chi connectivity index (χ1n) is 11.8.